The van der Waals surface area contributed by atoms with E-state index >= 15 is 0 Å². The van der Waals surface area contributed by atoms with Gasteiger partial charge in [0.1, 0.15) is 10.8 Å². The third kappa shape index (κ3) is 2.70. The molecule has 0 spiro atoms. The van der Waals surface area contributed by atoms with Gasteiger partial charge in [-0.15, -0.1) is 11.3 Å². The van der Waals surface area contributed by atoms with Crippen molar-refractivity contribution in [3.8, 4) is 11.3 Å². The third-order valence-corrected chi connectivity index (χ3v) is 3.57. The SMILES string of the molecule is CCCC(N)c1nc(-c2ccccc2F)cs1. The number of hydrogen-bond acceptors (Lipinski definition) is 3. The molecule has 2 nitrogen and oxygen atoms in total. The van der Waals surface area contributed by atoms with Gasteiger partial charge in [0.05, 0.1) is 11.7 Å². The van der Waals surface area contributed by atoms with Crippen LogP contribution in [-0.4, -0.2) is 4.98 Å². The summed E-state index contributed by atoms with van der Waals surface area (Å²) in [6.07, 6.45) is 1.93. The summed E-state index contributed by atoms with van der Waals surface area (Å²) in [6.45, 7) is 2.09. The Labute approximate surface area is 104 Å². The van der Waals surface area contributed by atoms with Crippen LogP contribution in [0.5, 0.6) is 0 Å². The smallest absolute Gasteiger partial charge is 0.132 e. The number of hydrogen-bond donors (Lipinski definition) is 1. The fourth-order valence-corrected chi connectivity index (χ4v) is 2.54. The van der Waals surface area contributed by atoms with Gasteiger partial charge < -0.3 is 5.73 Å². The number of halogens is 1. The molecule has 0 fully saturated rings. The molecule has 0 aliphatic heterocycles. The Morgan fingerprint density at radius 1 is 1.41 bits per heavy atom. The highest BCUT2D eigenvalue weighted by Crippen LogP contribution is 2.27. The second-order valence-corrected chi connectivity index (χ2v) is 4.84. The van der Waals surface area contributed by atoms with E-state index in [1.54, 1.807) is 12.1 Å². The van der Waals surface area contributed by atoms with Crippen molar-refractivity contribution in [3.05, 3.63) is 40.5 Å². The van der Waals surface area contributed by atoms with E-state index in [9.17, 15) is 4.39 Å². The zero-order valence-electron chi connectivity index (χ0n) is 9.69. The molecule has 1 unspecified atom stereocenters. The molecule has 0 radical (unpaired) electrons. The molecule has 2 rings (SSSR count). The van der Waals surface area contributed by atoms with Crippen molar-refractivity contribution in [1.82, 2.24) is 4.98 Å². The van der Waals surface area contributed by atoms with Crippen LogP contribution in [0.4, 0.5) is 4.39 Å². The second kappa shape index (κ2) is 5.38. The minimum atomic E-state index is -0.242. The summed E-state index contributed by atoms with van der Waals surface area (Å²) >= 11 is 1.50. The number of benzene rings is 1. The minimum Gasteiger partial charge on any atom is -0.322 e. The van der Waals surface area contributed by atoms with E-state index in [2.05, 4.69) is 11.9 Å². The Hall–Kier alpha value is -1.26. The molecule has 0 amide bonds. The fourth-order valence-electron chi connectivity index (χ4n) is 1.69. The average molecular weight is 250 g/mol. The summed E-state index contributed by atoms with van der Waals surface area (Å²) in [5.41, 5.74) is 7.21. The Morgan fingerprint density at radius 2 is 2.18 bits per heavy atom. The van der Waals surface area contributed by atoms with Gasteiger partial charge in [-0.1, -0.05) is 25.5 Å². The summed E-state index contributed by atoms with van der Waals surface area (Å²) in [5.74, 6) is -0.242. The molecule has 0 saturated heterocycles. The number of nitrogens with zero attached hydrogens (tertiary/aromatic N) is 1. The largest absolute Gasteiger partial charge is 0.322 e. The van der Waals surface area contributed by atoms with Gasteiger partial charge in [0.15, 0.2) is 0 Å². The van der Waals surface area contributed by atoms with Crippen LogP contribution in [-0.2, 0) is 0 Å². The van der Waals surface area contributed by atoms with Gasteiger partial charge in [0.25, 0.3) is 0 Å². The lowest BCUT2D eigenvalue weighted by molar-refractivity contribution is 0.627. The molecular weight excluding hydrogens is 235 g/mol. The fraction of sp³-hybridized carbons (Fsp3) is 0.308. The number of thiazole rings is 1. The molecule has 1 heterocycles. The summed E-state index contributed by atoms with van der Waals surface area (Å²) in [7, 11) is 0. The van der Waals surface area contributed by atoms with Crippen molar-refractivity contribution >= 4 is 11.3 Å². The van der Waals surface area contributed by atoms with Gasteiger partial charge in [-0.25, -0.2) is 9.37 Å². The standard InChI is InChI=1S/C13H15FN2S/c1-2-5-11(15)13-16-12(8-17-13)9-6-3-4-7-10(9)14/h3-4,6-8,11H,2,5,15H2,1H3. The van der Waals surface area contributed by atoms with E-state index in [1.807, 2.05) is 11.4 Å². The summed E-state index contributed by atoms with van der Waals surface area (Å²) < 4.78 is 13.6. The van der Waals surface area contributed by atoms with Gasteiger partial charge in [0.2, 0.25) is 0 Å². The number of nitrogens with two attached hydrogens (primary N) is 1. The zero-order valence-corrected chi connectivity index (χ0v) is 10.5. The first kappa shape index (κ1) is 12.2. The number of aromatic nitrogens is 1. The van der Waals surface area contributed by atoms with Gasteiger partial charge >= 0.3 is 0 Å². The van der Waals surface area contributed by atoms with Crippen LogP contribution in [0.15, 0.2) is 29.6 Å². The van der Waals surface area contributed by atoms with Crippen LogP contribution in [0, 0.1) is 5.82 Å². The summed E-state index contributed by atoms with van der Waals surface area (Å²) in [5, 5.41) is 2.74. The molecule has 0 saturated carbocycles. The van der Waals surface area contributed by atoms with Crippen molar-refractivity contribution in [2.45, 2.75) is 25.8 Å². The predicted molar refractivity (Wildman–Crippen MR) is 69.3 cm³/mol. The molecule has 2 aromatic rings. The molecule has 4 heteroatoms. The normalized spacial score (nSPS) is 12.6. The lowest BCUT2D eigenvalue weighted by atomic mass is 10.1. The first-order chi connectivity index (χ1) is 8.22. The molecule has 0 aliphatic rings. The van der Waals surface area contributed by atoms with E-state index < -0.39 is 0 Å². The van der Waals surface area contributed by atoms with Gasteiger partial charge in [-0.05, 0) is 18.6 Å². The zero-order chi connectivity index (χ0) is 12.3. The van der Waals surface area contributed by atoms with E-state index in [4.69, 9.17) is 5.73 Å². The monoisotopic (exact) mass is 250 g/mol. The second-order valence-electron chi connectivity index (χ2n) is 3.95. The average Bonchev–Trinajstić information content (AvgIpc) is 2.79. The maximum absolute atomic E-state index is 13.6. The molecule has 1 aromatic carbocycles. The Balaban J connectivity index is 2.27. The van der Waals surface area contributed by atoms with Gasteiger partial charge in [-0.3, -0.25) is 0 Å². The molecular formula is C13H15FN2S. The lowest BCUT2D eigenvalue weighted by Crippen LogP contribution is -2.09. The van der Waals surface area contributed by atoms with E-state index in [1.165, 1.54) is 17.4 Å². The maximum Gasteiger partial charge on any atom is 0.132 e. The topological polar surface area (TPSA) is 38.9 Å². The van der Waals surface area contributed by atoms with E-state index in [0.717, 1.165) is 17.8 Å². The minimum absolute atomic E-state index is 0.0366. The number of rotatable bonds is 4. The van der Waals surface area contributed by atoms with Gasteiger partial charge in [-0.2, -0.15) is 0 Å². The molecule has 17 heavy (non-hydrogen) atoms. The van der Waals surface area contributed by atoms with Crippen molar-refractivity contribution in [2.24, 2.45) is 5.73 Å². The van der Waals surface area contributed by atoms with Crippen molar-refractivity contribution in [3.63, 3.8) is 0 Å². The van der Waals surface area contributed by atoms with Crippen molar-refractivity contribution < 1.29 is 4.39 Å². The van der Waals surface area contributed by atoms with Gasteiger partial charge in [0, 0.05) is 10.9 Å². The molecule has 1 aromatic heterocycles. The molecule has 1 atom stereocenters. The maximum atomic E-state index is 13.6. The lowest BCUT2D eigenvalue weighted by Gasteiger charge is -2.05. The van der Waals surface area contributed by atoms with E-state index in [-0.39, 0.29) is 11.9 Å². The molecule has 2 N–H and O–H groups in total. The van der Waals surface area contributed by atoms with Crippen LogP contribution < -0.4 is 5.73 Å². The quantitative estimate of drug-likeness (QED) is 0.897. The highest BCUT2D eigenvalue weighted by Gasteiger charge is 2.12. The summed E-state index contributed by atoms with van der Waals surface area (Å²) in [4.78, 5) is 4.41. The van der Waals surface area contributed by atoms with Crippen molar-refractivity contribution in [2.75, 3.05) is 0 Å². The van der Waals surface area contributed by atoms with Crippen LogP contribution in [0.1, 0.15) is 30.8 Å². The molecule has 90 valence electrons. The van der Waals surface area contributed by atoms with Crippen molar-refractivity contribution in [1.29, 1.82) is 0 Å². The Bertz CT molecular complexity index is 496. The molecule has 0 aliphatic carbocycles. The first-order valence-electron chi connectivity index (χ1n) is 5.68. The Kier molecular flexibility index (Phi) is 3.86. The molecule has 0 bridgehead atoms. The highest BCUT2D eigenvalue weighted by atomic mass is 32.1. The first-order valence-corrected chi connectivity index (χ1v) is 6.56. The summed E-state index contributed by atoms with van der Waals surface area (Å²) in [6, 6.07) is 6.63. The van der Waals surface area contributed by atoms with Crippen LogP contribution in [0.2, 0.25) is 0 Å². The van der Waals surface area contributed by atoms with E-state index in [0.29, 0.717) is 11.3 Å². The Morgan fingerprint density at radius 3 is 2.88 bits per heavy atom. The highest BCUT2D eigenvalue weighted by molar-refractivity contribution is 7.10. The predicted octanol–water partition coefficient (Wildman–Crippen LogP) is 3.75. The van der Waals surface area contributed by atoms with Crippen LogP contribution in [0.25, 0.3) is 11.3 Å². The third-order valence-electron chi connectivity index (χ3n) is 2.59. The van der Waals surface area contributed by atoms with Crippen LogP contribution >= 0.6 is 11.3 Å². The van der Waals surface area contributed by atoms with Crippen LogP contribution in [0.3, 0.4) is 0 Å².